The average Bonchev–Trinajstić information content (AvgIpc) is 2.31. The van der Waals surface area contributed by atoms with Crippen molar-refractivity contribution in [2.24, 2.45) is 5.73 Å². The van der Waals surface area contributed by atoms with Crippen molar-refractivity contribution < 1.29 is 14.3 Å². The number of nitrogens with one attached hydrogen (secondary N) is 1. The van der Waals surface area contributed by atoms with Gasteiger partial charge in [-0.05, 0) is 6.07 Å². The predicted molar refractivity (Wildman–Crippen MR) is 61.9 cm³/mol. The summed E-state index contributed by atoms with van der Waals surface area (Å²) in [6, 6.07) is 2.61. The van der Waals surface area contributed by atoms with Crippen molar-refractivity contribution in [3.63, 3.8) is 0 Å². The van der Waals surface area contributed by atoms with Crippen LogP contribution >= 0.6 is 0 Å². The molecule has 7 heteroatoms. The molecule has 1 amide bonds. The molecule has 6 nitrogen and oxygen atoms in total. The molecule has 0 saturated carbocycles. The third-order valence-corrected chi connectivity index (χ3v) is 2.14. The summed E-state index contributed by atoms with van der Waals surface area (Å²) in [5.41, 5.74) is 5.29. The smallest absolute Gasteiger partial charge is 0.271 e. The highest BCUT2D eigenvalue weighted by Gasteiger charge is 2.13. The minimum atomic E-state index is -0.853. The first-order valence-electron chi connectivity index (χ1n) is 4.93. The van der Waals surface area contributed by atoms with Gasteiger partial charge in [0.15, 0.2) is 11.4 Å². The highest BCUT2D eigenvalue weighted by atomic mass is 19.1. The van der Waals surface area contributed by atoms with E-state index >= 15 is 0 Å². The molecule has 0 saturated heterocycles. The van der Waals surface area contributed by atoms with Gasteiger partial charge in [-0.2, -0.15) is 0 Å². The number of hydrogen-bond acceptors (Lipinski definition) is 5. The van der Waals surface area contributed by atoms with Crippen LogP contribution in [0.1, 0.15) is 10.5 Å². The number of rotatable bonds is 3. The maximum Gasteiger partial charge on any atom is 0.271 e. The van der Waals surface area contributed by atoms with E-state index in [4.69, 9.17) is 5.73 Å². The van der Waals surface area contributed by atoms with Gasteiger partial charge in [-0.25, -0.2) is 9.37 Å². The molecule has 92 valence electrons. The van der Waals surface area contributed by atoms with Crippen LogP contribution in [0.5, 0.6) is 5.75 Å². The second-order valence-corrected chi connectivity index (χ2v) is 3.44. The molecule has 0 spiro atoms. The van der Waals surface area contributed by atoms with Crippen LogP contribution in [0.25, 0.3) is 0 Å². The standard InChI is InChI=1S/C11H9FN4O2/c12-6-3-7(5-14-4-6)16-8-1-2-15-9(10(8)17)11(13)18/h1-5,17H,(H2,13,18)(H,15,16). The lowest BCUT2D eigenvalue weighted by molar-refractivity contribution is 0.0993. The Bertz CT molecular complexity index is 603. The summed E-state index contributed by atoms with van der Waals surface area (Å²) in [4.78, 5) is 18.3. The summed E-state index contributed by atoms with van der Waals surface area (Å²) in [7, 11) is 0. The number of hydrogen-bond donors (Lipinski definition) is 3. The Labute approximate surface area is 101 Å². The molecule has 2 heterocycles. The fourth-order valence-corrected chi connectivity index (χ4v) is 1.37. The molecule has 0 radical (unpaired) electrons. The molecule has 0 bridgehead atoms. The van der Waals surface area contributed by atoms with Gasteiger partial charge in [0, 0.05) is 12.3 Å². The number of nitrogens with two attached hydrogens (primary N) is 1. The van der Waals surface area contributed by atoms with Crippen LogP contribution in [0.3, 0.4) is 0 Å². The molecule has 0 fully saturated rings. The predicted octanol–water partition coefficient (Wildman–Crippen LogP) is 1.16. The van der Waals surface area contributed by atoms with Crippen LogP contribution in [0, 0.1) is 5.82 Å². The third kappa shape index (κ3) is 2.34. The Balaban J connectivity index is 2.35. The molecule has 0 aromatic carbocycles. The lowest BCUT2D eigenvalue weighted by Gasteiger charge is -2.09. The van der Waals surface area contributed by atoms with Gasteiger partial charge in [-0.1, -0.05) is 0 Å². The Hall–Kier alpha value is -2.70. The van der Waals surface area contributed by atoms with Gasteiger partial charge >= 0.3 is 0 Å². The van der Waals surface area contributed by atoms with E-state index in [1.54, 1.807) is 0 Å². The summed E-state index contributed by atoms with van der Waals surface area (Å²) >= 11 is 0. The van der Waals surface area contributed by atoms with Gasteiger partial charge in [0.25, 0.3) is 5.91 Å². The molecule has 2 aromatic heterocycles. The van der Waals surface area contributed by atoms with Crippen LogP contribution in [0.4, 0.5) is 15.8 Å². The lowest BCUT2D eigenvalue weighted by atomic mass is 10.2. The van der Waals surface area contributed by atoms with Crippen LogP contribution in [-0.4, -0.2) is 21.0 Å². The van der Waals surface area contributed by atoms with Crippen LogP contribution < -0.4 is 11.1 Å². The van der Waals surface area contributed by atoms with E-state index in [1.807, 2.05) is 0 Å². The van der Waals surface area contributed by atoms with Crippen molar-refractivity contribution in [1.29, 1.82) is 0 Å². The Kier molecular flexibility index (Phi) is 3.05. The van der Waals surface area contributed by atoms with Gasteiger partial charge in [0.1, 0.15) is 5.82 Å². The molecule has 18 heavy (non-hydrogen) atoms. The van der Waals surface area contributed by atoms with Crippen molar-refractivity contribution in [1.82, 2.24) is 9.97 Å². The van der Waals surface area contributed by atoms with E-state index in [2.05, 4.69) is 15.3 Å². The Morgan fingerprint density at radius 1 is 1.44 bits per heavy atom. The number of amides is 1. The maximum absolute atomic E-state index is 12.9. The first kappa shape index (κ1) is 11.8. The zero-order valence-electron chi connectivity index (χ0n) is 9.09. The fraction of sp³-hybridized carbons (Fsp3) is 0. The van der Waals surface area contributed by atoms with Gasteiger partial charge in [-0.15, -0.1) is 0 Å². The zero-order chi connectivity index (χ0) is 13.1. The lowest BCUT2D eigenvalue weighted by Crippen LogP contribution is -2.13. The summed E-state index contributed by atoms with van der Waals surface area (Å²) in [5.74, 6) is -1.77. The normalized spacial score (nSPS) is 10.1. The molecule has 0 atom stereocenters. The van der Waals surface area contributed by atoms with E-state index in [0.717, 1.165) is 6.20 Å². The largest absolute Gasteiger partial charge is 0.504 e. The Morgan fingerprint density at radius 3 is 2.89 bits per heavy atom. The van der Waals surface area contributed by atoms with E-state index in [0.29, 0.717) is 5.69 Å². The molecule has 4 N–H and O–H groups in total. The summed E-state index contributed by atoms with van der Waals surface area (Å²) in [6.45, 7) is 0. The number of aromatic hydroxyl groups is 1. The van der Waals surface area contributed by atoms with E-state index in [1.165, 1.54) is 24.5 Å². The van der Waals surface area contributed by atoms with Gasteiger partial charge < -0.3 is 16.2 Å². The molecule has 2 aromatic rings. The highest BCUT2D eigenvalue weighted by Crippen LogP contribution is 2.28. The quantitative estimate of drug-likeness (QED) is 0.756. The van der Waals surface area contributed by atoms with Crippen molar-refractivity contribution in [2.45, 2.75) is 0 Å². The molecule has 0 aliphatic rings. The average molecular weight is 248 g/mol. The number of carbonyl (C=O) groups excluding carboxylic acids is 1. The molecule has 0 aliphatic carbocycles. The van der Waals surface area contributed by atoms with Crippen molar-refractivity contribution in [3.8, 4) is 5.75 Å². The number of carbonyl (C=O) groups is 1. The van der Waals surface area contributed by atoms with Gasteiger partial charge in [-0.3, -0.25) is 9.78 Å². The molecular weight excluding hydrogens is 239 g/mol. The van der Waals surface area contributed by atoms with Gasteiger partial charge in [0.05, 0.1) is 23.8 Å². The molecule has 2 rings (SSSR count). The van der Waals surface area contributed by atoms with Crippen molar-refractivity contribution in [3.05, 3.63) is 42.2 Å². The topological polar surface area (TPSA) is 101 Å². The monoisotopic (exact) mass is 248 g/mol. The molecular formula is C11H9FN4O2. The number of anilines is 2. The summed E-state index contributed by atoms with van der Waals surface area (Å²) in [5, 5.41) is 12.5. The zero-order valence-corrected chi connectivity index (χ0v) is 9.09. The first-order valence-corrected chi connectivity index (χ1v) is 4.93. The van der Waals surface area contributed by atoms with E-state index in [-0.39, 0.29) is 11.4 Å². The second-order valence-electron chi connectivity index (χ2n) is 3.44. The number of nitrogens with zero attached hydrogens (tertiary/aromatic N) is 2. The molecule has 0 unspecified atom stereocenters. The van der Waals surface area contributed by atoms with Crippen molar-refractivity contribution >= 4 is 17.3 Å². The van der Waals surface area contributed by atoms with Crippen LogP contribution in [0.15, 0.2) is 30.7 Å². The Morgan fingerprint density at radius 2 is 2.22 bits per heavy atom. The fourth-order valence-electron chi connectivity index (χ4n) is 1.37. The highest BCUT2D eigenvalue weighted by molar-refractivity contribution is 5.95. The van der Waals surface area contributed by atoms with E-state index in [9.17, 15) is 14.3 Å². The second kappa shape index (κ2) is 4.66. The maximum atomic E-state index is 12.9. The van der Waals surface area contributed by atoms with Crippen molar-refractivity contribution in [2.75, 3.05) is 5.32 Å². The minimum absolute atomic E-state index is 0.186. The number of primary amides is 1. The summed E-state index contributed by atoms with van der Waals surface area (Å²) in [6.07, 6.45) is 3.72. The minimum Gasteiger partial charge on any atom is -0.504 e. The van der Waals surface area contributed by atoms with Crippen LogP contribution in [0.2, 0.25) is 0 Å². The molecule has 0 aliphatic heterocycles. The number of pyridine rings is 2. The van der Waals surface area contributed by atoms with Crippen LogP contribution in [-0.2, 0) is 0 Å². The van der Waals surface area contributed by atoms with E-state index < -0.39 is 17.5 Å². The first-order chi connectivity index (χ1) is 8.58. The third-order valence-electron chi connectivity index (χ3n) is 2.14. The number of aromatic nitrogens is 2. The number of halogens is 1. The SMILES string of the molecule is NC(=O)c1nccc(Nc2cncc(F)c2)c1O. The van der Waals surface area contributed by atoms with Gasteiger partial charge in [0.2, 0.25) is 0 Å². The summed E-state index contributed by atoms with van der Waals surface area (Å²) < 4.78 is 12.9.